The highest BCUT2D eigenvalue weighted by Crippen LogP contribution is 2.35. The summed E-state index contributed by atoms with van der Waals surface area (Å²) in [6, 6.07) is 19.1. The van der Waals surface area contributed by atoms with Crippen molar-refractivity contribution in [3.63, 3.8) is 0 Å². The van der Waals surface area contributed by atoms with Crippen LogP contribution in [0.3, 0.4) is 0 Å². The zero-order valence-electron chi connectivity index (χ0n) is 16.9. The number of esters is 1. The van der Waals surface area contributed by atoms with Crippen LogP contribution in [-0.2, 0) is 16.1 Å². The topological polar surface area (TPSA) is 101 Å². The number of hydrogen-bond donors (Lipinski definition) is 0. The number of rotatable bonds is 5. The van der Waals surface area contributed by atoms with Crippen LogP contribution in [0.5, 0.6) is 0 Å². The molecule has 1 aliphatic rings. The van der Waals surface area contributed by atoms with Gasteiger partial charge in [0.1, 0.15) is 11.5 Å². The van der Waals surface area contributed by atoms with Gasteiger partial charge in [-0.25, -0.2) is 4.79 Å². The van der Waals surface area contributed by atoms with Crippen LogP contribution < -0.4 is 0 Å². The number of thioether (sulfide) groups is 1. The molecule has 158 valence electrons. The lowest BCUT2D eigenvalue weighted by molar-refractivity contribution is -0.123. The Kier molecular flexibility index (Phi) is 5.92. The normalized spacial score (nSPS) is 14.6. The monoisotopic (exact) mass is 444 g/mol. The molecule has 0 N–H and O–H groups in total. The van der Waals surface area contributed by atoms with Crippen molar-refractivity contribution in [3.8, 4) is 17.4 Å². The number of carbonyl (C=O) groups is 3. The molecule has 7 nitrogen and oxygen atoms in total. The highest BCUT2D eigenvalue weighted by atomic mass is 32.2. The van der Waals surface area contributed by atoms with Crippen molar-refractivity contribution in [1.29, 1.82) is 5.26 Å². The molecule has 0 bridgehead atoms. The second-order valence-corrected chi connectivity index (χ2v) is 7.77. The number of hydrogen-bond acceptors (Lipinski definition) is 7. The van der Waals surface area contributed by atoms with E-state index in [0.29, 0.717) is 33.8 Å². The van der Waals surface area contributed by atoms with Crippen LogP contribution in [0.1, 0.15) is 27.2 Å². The van der Waals surface area contributed by atoms with Crippen molar-refractivity contribution in [2.45, 2.75) is 6.54 Å². The summed E-state index contributed by atoms with van der Waals surface area (Å²) in [6.07, 6.45) is 1.49. The highest BCUT2D eigenvalue weighted by molar-refractivity contribution is 8.18. The minimum Gasteiger partial charge on any atom is -0.465 e. The van der Waals surface area contributed by atoms with Crippen LogP contribution in [-0.4, -0.2) is 29.1 Å². The summed E-state index contributed by atoms with van der Waals surface area (Å²) >= 11 is 0.808. The molecular formula is C24H16N2O5S. The molecule has 3 aromatic rings. The molecule has 1 saturated heterocycles. The maximum Gasteiger partial charge on any atom is 0.338 e. The van der Waals surface area contributed by atoms with Crippen LogP contribution in [0.2, 0.25) is 0 Å². The van der Waals surface area contributed by atoms with Gasteiger partial charge in [-0.05, 0) is 41.6 Å². The lowest BCUT2D eigenvalue weighted by Gasteiger charge is -2.13. The van der Waals surface area contributed by atoms with E-state index in [1.165, 1.54) is 13.2 Å². The zero-order chi connectivity index (χ0) is 22.7. The van der Waals surface area contributed by atoms with Gasteiger partial charge in [0, 0.05) is 11.6 Å². The Morgan fingerprint density at radius 2 is 1.88 bits per heavy atom. The largest absolute Gasteiger partial charge is 0.465 e. The lowest BCUT2D eigenvalue weighted by Crippen LogP contribution is -2.27. The van der Waals surface area contributed by atoms with Gasteiger partial charge in [0.15, 0.2) is 0 Å². The minimum absolute atomic E-state index is 0.0155. The van der Waals surface area contributed by atoms with Gasteiger partial charge in [0.2, 0.25) is 0 Å². The third-order valence-electron chi connectivity index (χ3n) is 4.84. The summed E-state index contributed by atoms with van der Waals surface area (Å²) in [5, 5.41) is 8.82. The van der Waals surface area contributed by atoms with E-state index in [1.54, 1.807) is 60.7 Å². The molecule has 1 aliphatic heterocycles. The molecule has 2 aromatic carbocycles. The molecule has 1 aromatic heterocycles. The van der Waals surface area contributed by atoms with E-state index in [4.69, 9.17) is 9.15 Å². The summed E-state index contributed by atoms with van der Waals surface area (Å²) in [5.74, 6) is -0.153. The van der Waals surface area contributed by atoms with Gasteiger partial charge in [0.25, 0.3) is 11.1 Å². The molecule has 4 rings (SSSR count). The molecular weight excluding hydrogens is 428 g/mol. The smallest absolute Gasteiger partial charge is 0.338 e. The standard InChI is InChI=1S/C24H16N2O5S/c1-30-23(28)19-9-5-4-8-18(19)20-11-10-17(31-20)12-21-22(27)26(24(29)32-21)14-16-7-3-2-6-15(16)13-25/h2-12H,14H2,1H3/b21-12+. The first kappa shape index (κ1) is 21.2. The third kappa shape index (κ3) is 4.06. The fourth-order valence-corrected chi connectivity index (χ4v) is 4.08. The fourth-order valence-electron chi connectivity index (χ4n) is 3.26. The number of methoxy groups -OCH3 is 1. The number of nitriles is 1. The Morgan fingerprint density at radius 3 is 2.66 bits per heavy atom. The Labute approximate surface area is 187 Å². The zero-order valence-corrected chi connectivity index (χ0v) is 17.7. The average molecular weight is 444 g/mol. The molecule has 8 heteroatoms. The molecule has 0 saturated carbocycles. The summed E-state index contributed by atoms with van der Waals surface area (Å²) < 4.78 is 10.6. The number of carbonyl (C=O) groups excluding carboxylic acids is 3. The first-order valence-corrected chi connectivity index (χ1v) is 10.3. The number of imide groups is 1. The van der Waals surface area contributed by atoms with E-state index in [-0.39, 0.29) is 11.4 Å². The van der Waals surface area contributed by atoms with E-state index in [1.807, 2.05) is 0 Å². The highest BCUT2D eigenvalue weighted by Gasteiger charge is 2.35. The van der Waals surface area contributed by atoms with Gasteiger partial charge in [0.05, 0.1) is 35.8 Å². The molecule has 0 spiro atoms. The Hall–Kier alpha value is -4.09. The fraction of sp³-hybridized carbons (Fsp3) is 0.0833. The van der Waals surface area contributed by atoms with Gasteiger partial charge < -0.3 is 9.15 Å². The van der Waals surface area contributed by atoms with E-state index < -0.39 is 17.1 Å². The summed E-state index contributed by atoms with van der Waals surface area (Å²) in [4.78, 5) is 38.6. The second kappa shape index (κ2) is 8.96. The third-order valence-corrected chi connectivity index (χ3v) is 5.75. The van der Waals surface area contributed by atoms with Crippen LogP contribution in [0.4, 0.5) is 4.79 Å². The van der Waals surface area contributed by atoms with E-state index >= 15 is 0 Å². The van der Waals surface area contributed by atoms with Crippen LogP contribution in [0, 0.1) is 11.3 Å². The predicted octanol–water partition coefficient (Wildman–Crippen LogP) is 4.84. The number of amides is 2. The van der Waals surface area contributed by atoms with E-state index in [0.717, 1.165) is 16.7 Å². The lowest BCUT2D eigenvalue weighted by atomic mass is 10.1. The second-order valence-electron chi connectivity index (χ2n) is 6.78. The van der Waals surface area contributed by atoms with Gasteiger partial charge in [-0.15, -0.1) is 0 Å². The first-order valence-electron chi connectivity index (χ1n) is 9.52. The van der Waals surface area contributed by atoms with E-state index in [9.17, 15) is 19.6 Å². The molecule has 32 heavy (non-hydrogen) atoms. The Morgan fingerprint density at radius 1 is 1.12 bits per heavy atom. The Balaban J connectivity index is 1.58. The quantitative estimate of drug-likeness (QED) is 0.410. The van der Waals surface area contributed by atoms with Crippen molar-refractivity contribution < 1.29 is 23.5 Å². The SMILES string of the molecule is COC(=O)c1ccccc1-c1ccc(/C=C2/SC(=O)N(Cc3ccccc3C#N)C2=O)o1. The average Bonchev–Trinajstić information content (AvgIpc) is 3.39. The van der Waals surface area contributed by atoms with Crippen molar-refractivity contribution in [2.75, 3.05) is 7.11 Å². The summed E-state index contributed by atoms with van der Waals surface area (Å²) in [6.45, 7) is 0.0155. The molecule has 2 heterocycles. The molecule has 0 atom stereocenters. The van der Waals surface area contributed by atoms with Crippen molar-refractivity contribution in [1.82, 2.24) is 4.90 Å². The Bertz CT molecular complexity index is 1300. The van der Waals surface area contributed by atoms with E-state index in [2.05, 4.69) is 6.07 Å². The van der Waals surface area contributed by atoms with Crippen LogP contribution >= 0.6 is 11.8 Å². The summed E-state index contributed by atoms with van der Waals surface area (Å²) in [5.41, 5.74) is 1.92. The van der Waals surface area contributed by atoms with Gasteiger partial charge in [-0.2, -0.15) is 5.26 Å². The number of furan rings is 1. The van der Waals surface area contributed by atoms with Gasteiger partial charge >= 0.3 is 5.97 Å². The number of ether oxygens (including phenoxy) is 1. The number of benzene rings is 2. The molecule has 0 radical (unpaired) electrons. The van der Waals surface area contributed by atoms with Crippen molar-refractivity contribution in [3.05, 3.63) is 88.0 Å². The first-order chi connectivity index (χ1) is 15.5. The molecule has 0 unspecified atom stereocenters. The number of nitrogens with zero attached hydrogens (tertiary/aromatic N) is 2. The van der Waals surface area contributed by atoms with Gasteiger partial charge in [-0.3, -0.25) is 14.5 Å². The maximum atomic E-state index is 12.8. The predicted molar refractivity (Wildman–Crippen MR) is 118 cm³/mol. The van der Waals surface area contributed by atoms with Crippen molar-refractivity contribution in [2.24, 2.45) is 0 Å². The molecule has 2 amide bonds. The van der Waals surface area contributed by atoms with Crippen LogP contribution in [0.25, 0.3) is 17.4 Å². The molecule has 0 aliphatic carbocycles. The summed E-state index contributed by atoms with van der Waals surface area (Å²) in [7, 11) is 1.30. The van der Waals surface area contributed by atoms with Gasteiger partial charge in [-0.1, -0.05) is 36.4 Å². The van der Waals surface area contributed by atoms with Crippen molar-refractivity contribution >= 4 is 35.0 Å². The minimum atomic E-state index is -0.489. The molecule has 1 fully saturated rings. The maximum absolute atomic E-state index is 12.8. The van der Waals surface area contributed by atoms with Crippen LogP contribution in [0.15, 0.2) is 70.0 Å².